The molecule has 0 aliphatic carbocycles. The summed E-state index contributed by atoms with van der Waals surface area (Å²) in [6.45, 7) is 0. The van der Waals surface area contributed by atoms with Crippen molar-refractivity contribution < 1.29 is 18.3 Å². The first kappa shape index (κ1) is 22.0. The van der Waals surface area contributed by atoms with Gasteiger partial charge in [0.05, 0.1) is 27.4 Å². The molecular weight excluding hydrogens is 468 g/mol. The van der Waals surface area contributed by atoms with E-state index >= 15 is 0 Å². The molecule has 9 heteroatoms. The molecule has 0 bridgehead atoms. The number of thioether (sulfide) groups is 1. The molecule has 0 radical (unpaired) electrons. The van der Waals surface area contributed by atoms with Gasteiger partial charge in [0.1, 0.15) is 0 Å². The van der Waals surface area contributed by atoms with Gasteiger partial charge in [0, 0.05) is 16.0 Å². The molecule has 0 amide bonds. The van der Waals surface area contributed by atoms with E-state index in [1.54, 1.807) is 22.9 Å². The predicted octanol–water partition coefficient (Wildman–Crippen LogP) is 6.87. The molecule has 0 fully saturated rings. The van der Waals surface area contributed by atoms with Crippen LogP contribution in [0.4, 0.5) is 13.2 Å². The van der Waals surface area contributed by atoms with Gasteiger partial charge in [-0.3, -0.25) is 0 Å². The zero-order valence-corrected chi connectivity index (χ0v) is 18.1. The fourth-order valence-corrected chi connectivity index (χ4v) is 4.80. The number of aromatic nitrogens is 2. The van der Waals surface area contributed by atoms with Crippen LogP contribution in [0.25, 0.3) is 16.6 Å². The lowest BCUT2D eigenvalue weighted by Crippen LogP contribution is -2.44. The summed E-state index contributed by atoms with van der Waals surface area (Å²) in [5.74, 6) is -0.686. The molecule has 4 rings (SSSR count). The summed E-state index contributed by atoms with van der Waals surface area (Å²) in [4.78, 5) is 0.356. The molecule has 1 N–H and O–H groups in total. The highest BCUT2D eigenvalue weighted by Gasteiger charge is 2.55. The van der Waals surface area contributed by atoms with E-state index in [9.17, 15) is 18.3 Å². The van der Waals surface area contributed by atoms with Gasteiger partial charge in [0.15, 0.2) is 5.60 Å². The van der Waals surface area contributed by atoms with Crippen molar-refractivity contribution in [3.05, 3.63) is 88.5 Å². The normalized spacial score (nSPS) is 14.0. The van der Waals surface area contributed by atoms with E-state index < -0.39 is 17.5 Å². The predicted molar refractivity (Wildman–Crippen MR) is 118 cm³/mol. The monoisotopic (exact) mass is 482 g/mol. The lowest BCUT2D eigenvalue weighted by Gasteiger charge is -2.31. The van der Waals surface area contributed by atoms with Crippen LogP contribution in [0.5, 0.6) is 0 Å². The van der Waals surface area contributed by atoms with Crippen molar-refractivity contribution in [3.8, 4) is 5.69 Å². The van der Waals surface area contributed by atoms with Crippen molar-refractivity contribution in [3.63, 3.8) is 0 Å². The van der Waals surface area contributed by atoms with Gasteiger partial charge in [0.2, 0.25) is 0 Å². The van der Waals surface area contributed by atoms with Crippen LogP contribution in [0.3, 0.4) is 0 Å². The minimum atomic E-state index is -4.91. The van der Waals surface area contributed by atoms with E-state index in [4.69, 9.17) is 23.2 Å². The Morgan fingerprint density at radius 3 is 2.42 bits per heavy atom. The molecule has 3 aromatic carbocycles. The fraction of sp³-hybridized carbons (Fsp3) is 0.136. The molecule has 31 heavy (non-hydrogen) atoms. The SMILES string of the molecule is OC(CSc1cccc(Cl)c1Cl)(c1ccc2c(cnn2-c2ccccc2)c1)C(F)(F)F. The zero-order chi connectivity index (χ0) is 22.2. The van der Waals surface area contributed by atoms with Crippen LogP contribution in [0.15, 0.2) is 77.8 Å². The molecular formula is C22H15Cl2F3N2OS. The van der Waals surface area contributed by atoms with Crippen molar-refractivity contribution in [2.75, 3.05) is 5.75 Å². The van der Waals surface area contributed by atoms with Crippen molar-refractivity contribution >= 4 is 45.9 Å². The van der Waals surface area contributed by atoms with Crippen molar-refractivity contribution in [2.45, 2.75) is 16.7 Å². The van der Waals surface area contributed by atoms with Crippen LogP contribution in [0.2, 0.25) is 10.0 Å². The topological polar surface area (TPSA) is 38.1 Å². The van der Waals surface area contributed by atoms with E-state index in [1.807, 2.05) is 30.3 Å². The quantitative estimate of drug-likeness (QED) is 0.315. The Labute approximate surface area is 190 Å². The Morgan fingerprint density at radius 1 is 0.968 bits per heavy atom. The molecule has 1 atom stereocenters. The maximum absolute atomic E-state index is 14.0. The number of para-hydroxylation sites is 1. The third kappa shape index (κ3) is 4.15. The summed E-state index contributed by atoms with van der Waals surface area (Å²) < 4.78 is 43.6. The van der Waals surface area contributed by atoms with Gasteiger partial charge in [0.25, 0.3) is 0 Å². The summed E-state index contributed by atoms with van der Waals surface area (Å²) in [6, 6.07) is 18.1. The lowest BCUT2D eigenvalue weighted by molar-refractivity contribution is -0.256. The van der Waals surface area contributed by atoms with E-state index in [1.165, 1.54) is 24.4 Å². The Balaban J connectivity index is 1.71. The summed E-state index contributed by atoms with van der Waals surface area (Å²) >= 11 is 12.8. The highest BCUT2D eigenvalue weighted by molar-refractivity contribution is 7.99. The van der Waals surface area contributed by atoms with E-state index in [0.29, 0.717) is 15.8 Å². The van der Waals surface area contributed by atoms with Gasteiger partial charge in [-0.2, -0.15) is 18.3 Å². The second-order valence-corrected chi connectivity index (χ2v) is 8.67. The first-order valence-corrected chi connectivity index (χ1v) is 10.8. The van der Waals surface area contributed by atoms with E-state index in [0.717, 1.165) is 17.4 Å². The van der Waals surface area contributed by atoms with Gasteiger partial charge in [-0.05, 0) is 42.0 Å². The van der Waals surface area contributed by atoms with Crippen molar-refractivity contribution in [2.24, 2.45) is 0 Å². The minimum absolute atomic E-state index is 0.151. The van der Waals surface area contributed by atoms with Crippen LogP contribution in [-0.2, 0) is 5.60 Å². The number of hydrogen-bond donors (Lipinski definition) is 1. The average Bonchev–Trinajstić information content (AvgIpc) is 3.17. The third-order valence-corrected chi connectivity index (χ3v) is 7.01. The van der Waals surface area contributed by atoms with Crippen LogP contribution in [0, 0.1) is 0 Å². The molecule has 0 saturated carbocycles. The molecule has 1 heterocycles. The molecule has 160 valence electrons. The Kier molecular flexibility index (Phi) is 5.96. The maximum atomic E-state index is 14.0. The second kappa shape index (κ2) is 8.39. The van der Waals surface area contributed by atoms with Crippen LogP contribution >= 0.6 is 35.0 Å². The summed E-state index contributed by atoms with van der Waals surface area (Å²) in [6.07, 6.45) is -3.43. The van der Waals surface area contributed by atoms with E-state index in [-0.39, 0.29) is 15.6 Å². The van der Waals surface area contributed by atoms with Crippen LogP contribution in [0.1, 0.15) is 5.56 Å². The number of benzene rings is 3. The molecule has 4 aromatic rings. The van der Waals surface area contributed by atoms with Gasteiger partial charge in [-0.1, -0.05) is 53.5 Å². The maximum Gasteiger partial charge on any atom is 0.422 e. The lowest BCUT2D eigenvalue weighted by atomic mass is 9.94. The number of nitrogens with zero attached hydrogens (tertiary/aromatic N) is 2. The Hall–Kier alpha value is -2.19. The van der Waals surface area contributed by atoms with Gasteiger partial charge < -0.3 is 5.11 Å². The molecule has 0 saturated heterocycles. The molecule has 1 unspecified atom stereocenters. The molecule has 0 aliphatic heterocycles. The average molecular weight is 483 g/mol. The summed E-state index contributed by atoms with van der Waals surface area (Å²) in [5.41, 5.74) is -1.95. The molecule has 1 aromatic heterocycles. The first-order valence-electron chi connectivity index (χ1n) is 9.10. The molecule has 0 spiro atoms. The Morgan fingerprint density at radius 2 is 1.71 bits per heavy atom. The summed E-state index contributed by atoms with van der Waals surface area (Å²) in [7, 11) is 0. The van der Waals surface area contributed by atoms with Crippen LogP contribution < -0.4 is 0 Å². The van der Waals surface area contributed by atoms with Crippen molar-refractivity contribution in [1.82, 2.24) is 9.78 Å². The third-order valence-electron chi connectivity index (χ3n) is 4.87. The fourth-order valence-electron chi connectivity index (χ4n) is 3.17. The first-order chi connectivity index (χ1) is 14.7. The number of hydrogen-bond acceptors (Lipinski definition) is 3. The molecule has 0 aliphatic rings. The van der Waals surface area contributed by atoms with Gasteiger partial charge >= 0.3 is 6.18 Å². The standard InChI is InChI=1S/C22H15Cl2F3N2OS/c23-17-7-4-8-19(20(17)24)31-13-21(30,22(25,26)27)15-9-10-18-14(11-15)12-28-29(18)16-5-2-1-3-6-16/h1-12,30H,13H2. The number of halogens is 5. The van der Waals surface area contributed by atoms with Gasteiger partial charge in [-0.25, -0.2) is 4.68 Å². The van der Waals surface area contributed by atoms with Crippen molar-refractivity contribution in [1.29, 1.82) is 0 Å². The smallest absolute Gasteiger partial charge is 0.376 e. The second-order valence-electron chi connectivity index (χ2n) is 6.86. The highest BCUT2D eigenvalue weighted by Crippen LogP contribution is 2.45. The van der Waals surface area contributed by atoms with Gasteiger partial charge in [-0.15, -0.1) is 11.8 Å². The Bertz CT molecular complexity index is 1230. The van der Waals surface area contributed by atoms with Crippen LogP contribution in [-0.4, -0.2) is 26.8 Å². The minimum Gasteiger partial charge on any atom is -0.376 e. The largest absolute Gasteiger partial charge is 0.422 e. The number of aliphatic hydroxyl groups is 1. The number of rotatable bonds is 5. The zero-order valence-electron chi connectivity index (χ0n) is 15.8. The number of alkyl halides is 3. The molecule has 3 nitrogen and oxygen atoms in total. The summed E-state index contributed by atoms with van der Waals surface area (Å²) in [5, 5.41) is 15.9. The number of fused-ring (bicyclic) bond motifs is 1. The highest BCUT2D eigenvalue weighted by atomic mass is 35.5. The van der Waals surface area contributed by atoms with E-state index in [2.05, 4.69) is 5.10 Å².